The molecule has 0 spiro atoms. The van der Waals surface area contributed by atoms with Crippen LogP contribution in [0.2, 0.25) is 0 Å². The van der Waals surface area contributed by atoms with E-state index in [2.05, 4.69) is 5.32 Å². The smallest absolute Gasteiger partial charge is 0.392 e. The predicted molar refractivity (Wildman–Crippen MR) is 79.8 cm³/mol. The van der Waals surface area contributed by atoms with Gasteiger partial charge in [-0.1, -0.05) is 12.8 Å². The normalized spacial score (nSPS) is 21.2. The van der Waals surface area contributed by atoms with Gasteiger partial charge in [0, 0.05) is 18.1 Å². The fourth-order valence-electron chi connectivity index (χ4n) is 2.97. The van der Waals surface area contributed by atoms with Crippen molar-refractivity contribution in [1.29, 1.82) is 0 Å². The van der Waals surface area contributed by atoms with E-state index in [0.29, 0.717) is 12.8 Å². The van der Waals surface area contributed by atoms with E-state index in [-0.39, 0.29) is 30.0 Å². The van der Waals surface area contributed by atoms with Gasteiger partial charge in [0.2, 0.25) is 5.91 Å². The molecule has 1 aliphatic carbocycles. The first-order chi connectivity index (χ1) is 11.2. The largest absolute Gasteiger partial charge is 0.495 e. The Hall–Kier alpha value is -2.32. The highest BCUT2D eigenvalue weighted by Gasteiger charge is 2.48. The summed E-state index contributed by atoms with van der Waals surface area (Å²) in [6.07, 6.45) is -3.44. The topological polar surface area (TPSA) is 81.5 Å². The first-order valence-corrected chi connectivity index (χ1v) is 7.44. The van der Waals surface area contributed by atoms with E-state index >= 15 is 0 Å². The van der Waals surface area contributed by atoms with Crippen LogP contribution in [0.1, 0.15) is 25.7 Å². The number of alkyl halides is 3. The SMILES string of the molecule is COc1ccc([N+](=O)[O-])cc1NC(=O)[C@H]1CCCC[C@H]1C(F)(F)F. The van der Waals surface area contributed by atoms with Crippen molar-refractivity contribution in [3.05, 3.63) is 28.3 Å². The second-order valence-electron chi connectivity index (χ2n) is 5.67. The Morgan fingerprint density at radius 1 is 1.33 bits per heavy atom. The minimum Gasteiger partial charge on any atom is -0.495 e. The lowest BCUT2D eigenvalue weighted by molar-refractivity contribution is -0.384. The molecule has 1 aromatic rings. The maximum absolute atomic E-state index is 13.1. The second-order valence-corrected chi connectivity index (χ2v) is 5.67. The molecule has 1 amide bonds. The van der Waals surface area contributed by atoms with E-state index in [0.717, 1.165) is 6.07 Å². The van der Waals surface area contributed by atoms with Crippen molar-refractivity contribution < 1.29 is 27.6 Å². The third kappa shape index (κ3) is 3.95. The molecule has 2 atom stereocenters. The summed E-state index contributed by atoms with van der Waals surface area (Å²) in [5, 5.41) is 13.2. The lowest BCUT2D eigenvalue weighted by Gasteiger charge is -2.32. The third-order valence-corrected chi connectivity index (χ3v) is 4.17. The number of non-ortho nitro benzene ring substituents is 1. The van der Waals surface area contributed by atoms with Gasteiger partial charge in [0.25, 0.3) is 5.69 Å². The fourth-order valence-corrected chi connectivity index (χ4v) is 2.97. The molecule has 1 N–H and O–H groups in total. The number of hydrogen-bond donors (Lipinski definition) is 1. The number of hydrogen-bond acceptors (Lipinski definition) is 4. The van der Waals surface area contributed by atoms with Gasteiger partial charge in [-0.05, 0) is 18.9 Å². The van der Waals surface area contributed by atoms with Crippen LogP contribution in [0.25, 0.3) is 0 Å². The molecule has 1 saturated carbocycles. The zero-order chi connectivity index (χ0) is 17.9. The summed E-state index contributed by atoms with van der Waals surface area (Å²) in [5.41, 5.74) is -0.301. The van der Waals surface area contributed by atoms with E-state index in [4.69, 9.17) is 4.74 Å². The van der Waals surface area contributed by atoms with Gasteiger partial charge >= 0.3 is 6.18 Å². The summed E-state index contributed by atoms with van der Waals surface area (Å²) in [5.74, 6) is -3.55. The first-order valence-electron chi connectivity index (χ1n) is 7.44. The molecule has 1 aromatic carbocycles. The zero-order valence-corrected chi connectivity index (χ0v) is 12.9. The monoisotopic (exact) mass is 346 g/mol. The maximum Gasteiger partial charge on any atom is 0.392 e. The number of carbonyl (C=O) groups is 1. The Balaban J connectivity index is 2.24. The van der Waals surface area contributed by atoms with Crippen molar-refractivity contribution >= 4 is 17.3 Å². The number of halogens is 3. The number of ether oxygens (including phenoxy) is 1. The molecule has 0 aromatic heterocycles. The summed E-state index contributed by atoms with van der Waals surface area (Å²) in [7, 11) is 1.30. The summed E-state index contributed by atoms with van der Waals surface area (Å²) in [6, 6.07) is 3.55. The third-order valence-electron chi connectivity index (χ3n) is 4.17. The van der Waals surface area contributed by atoms with E-state index < -0.39 is 28.8 Å². The number of methoxy groups -OCH3 is 1. The Morgan fingerprint density at radius 2 is 2.00 bits per heavy atom. The Bertz CT molecular complexity index is 634. The van der Waals surface area contributed by atoms with Crippen LogP contribution in [0.5, 0.6) is 5.75 Å². The summed E-state index contributed by atoms with van der Waals surface area (Å²) in [4.78, 5) is 22.5. The Kier molecular flexibility index (Phi) is 5.30. The van der Waals surface area contributed by atoms with Crippen molar-refractivity contribution in [2.24, 2.45) is 11.8 Å². The van der Waals surface area contributed by atoms with Crippen LogP contribution in [0.4, 0.5) is 24.5 Å². The van der Waals surface area contributed by atoms with Crippen LogP contribution >= 0.6 is 0 Å². The van der Waals surface area contributed by atoms with Gasteiger partial charge < -0.3 is 10.1 Å². The van der Waals surface area contributed by atoms with Gasteiger partial charge in [-0.3, -0.25) is 14.9 Å². The number of carbonyl (C=O) groups excluding carboxylic acids is 1. The van der Waals surface area contributed by atoms with E-state index in [1.807, 2.05) is 0 Å². The number of nitro benzene ring substituents is 1. The quantitative estimate of drug-likeness (QED) is 0.662. The van der Waals surface area contributed by atoms with Crippen molar-refractivity contribution in [1.82, 2.24) is 0 Å². The van der Waals surface area contributed by atoms with Crippen molar-refractivity contribution in [2.75, 3.05) is 12.4 Å². The molecule has 6 nitrogen and oxygen atoms in total. The predicted octanol–water partition coefficient (Wildman–Crippen LogP) is 3.91. The van der Waals surface area contributed by atoms with Crippen LogP contribution < -0.4 is 10.1 Å². The van der Waals surface area contributed by atoms with Crippen LogP contribution in [0.3, 0.4) is 0 Å². The van der Waals surface area contributed by atoms with Crippen LogP contribution in [0, 0.1) is 22.0 Å². The van der Waals surface area contributed by atoms with Crippen molar-refractivity contribution in [3.63, 3.8) is 0 Å². The molecule has 132 valence electrons. The highest BCUT2D eigenvalue weighted by Crippen LogP contribution is 2.42. The number of nitro groups is 1. The molecule has 0 radical (unpaired) electrons. The van der Waals surface area contributed by atoms with Gasteiger partial charge in [0.05, 0.1) is 23.6 Å². The molecule has 0 aliphatic heterocycles. The molecule has 0 saturated heterocycles. The first kappa shape index (κ1) is 18.0. The molecule has 0 bridgehead atoms. The minimum absolute atomic E-state index is 0.0109. The number of nitrogens with one attached hydrogen (secondary N) is 1. The average Bonchev–Trinajstić information content (AvgIpc) is 2.53. The van der Waals surface area contributed by atoms with Gasteiger partial charge in [0.15, 0.2) is 0 Å². The van der Waals surface area contributed by atoms with Crippen molar-refractivity contribution in [2.45, 2.75) is 31.9 Å². The zero-order valence-electron chi connectivity index (χ0n) is 12.9. The van der Waals surface area contributed by atoms with Gasteiger partial charge in [-0.25, -0.2) is 0 Å². The standard InChI is InChI=1S/C15H17F3N2O4/c1-24-13-7-6-9(20(22)23)8-12(13)19-14(21)10-4-2-3-5-11(10)15(16,17)18/h6-8,10-11H,2-5H2,1H3,(H,19,21)/t10-,11+/m0/s1. The van der Waals surface area contributed by atoms with E-state index in [1.54, 1.807) is 0 Å². The number of amides is 1. The highest BCUT2D eigenvalue weighted by molar-refractivity contribution is 5.94. The number of anilines is 1. The summed E-state index contributed by atoms with van der Waals surface area (Å²) >= 11 is 0. The highest BCUT2D eigenvalue weighted by atomic mass is 19.4. The van der Waals surface area contributed by atoms with Gasteiger partial charge in [0.1, 0.15) is 5.75 Å². The molecule has 9 heteroatoms. The van der Waals surface area contributed by atoms with Crippen LogP contribution in [-0.2, 0) is 4.79 Å². The molecule has 2 rings (SSSR count). The molecule has 1 aliphatic rings. The lowest BCUT2D eigenvalue weighted by Crippen LogP contribution is -2.39. The molecular weight excluding hydrogens is 329 g/mol. The maximum atomic E-state index is 13.1. The van der Waals surface area contributed by atoms with Crippen molar-refractivity contribution in [3.8, 4) is 5.75 Å². The average molecular weight is 346 g/mol. The van der Waals surface area contributed by atoms with Gasteiger partial charge in [-0.2, -0.15) is 13.2 Å². The molecule has 0 heterocycles. The molecular formula is C15H17F3N2O4. The minimum atomic E-state index is -4.45. The lowest BCUT2D eigenvalue weighted by atomic mass is 9.78. The molecule has 24 heavy (non-hydrogen) atoms. The molecule has 1 fully saturated rings. The Morgan fingerprint density at radius 3 is 2.58 bits per heavy atom. The number of benzene rings is 1. The van der Waals surface area contributed by atoms with E-state index in [9.17, 15) is 28.1 Å². The summed E-state index contributed by atoms with van der Waals surface area (Å²) in [6.45, 7) is 0. The second kappa shape index (κ2) is 7.06. The Labute approximate surface area is 136 Å². The number of rotatable bonds is 4. The molecule has 0 unspecified atom stereocenters. The van der Waals surface area contributed by atoms with Gasteiger partial charge in [-0.15, -0.1) is 0 Å². The number of nitrogens with zero attached hydrogens (tertiary/aromatic N) is 1. The fraction of sp³-hybridized carbons (Fsp3) is 0.533. The summed E-state index contributed by atoms with van der Waals surface area (Å²) < 4.78 is 44.3. The van der Waals surface area contributed by atoms with E-state index in [1.165, 1.54) is 19.2 Å². The van der Waals surface area contributed by atoms with Crippen LogP contribution in [-0.4, -0.2) is 24.1 Å². The van der Waals surface area contributed by atoms with Crippen LogP contribution in [0.15, 0.2) is 18.2 Å².